The summed E-state index contributed by atoms with van der Waals surface area (Å²) >= 11 is 0. The van der Waals surface area contributed by atoms with E-state index in [0.29, 0.717) is 0 Å². The monoisotopic (exact) mass is 273 g/mol. The first-order chi connectivity index (χ1) is 9.58. The summed E-state index contributed by atoms with van der Waals surface area (Å²) in [6.45, 7) is 10.5. The number of anilines is 1. The first-order valence-electron chi connectivity index (χ1n) is 7.73. The maximum atomic E-state index is 5.53. The van der Waals surface area contributed by atoms with Gasteiger partial charge in [0.1, 0.15) is 5.75 Å². The fourth-order valence-electron chi connectivity index (χ4n) is 3.19. The second kappa shape index (κ2) is 6.83. The lowest BCUT2D eigenvalue weighted by molar-refractivity contribution is 0.340. The number of nitrogens with one attached hydrogen (secondary N) is 1. The molecule has 1 aromatic carbocycles. The number of aryl methyl sites for hydroxylation is 1. The first kappa shape index (κ1) is 15.0. The summed E-state index contributed by atoms with van der Waals surface area (Å²) in [5, 5.41) is 3.61. The Hall–Kier alpha value is -1.44. The Labute approximate surface area is 123 Å². The topological polar surface area (TPSA) is 21.3 Å². The molecule has 0 fully saturated rings. The molecular formula is C18H27NO. The van der Waals surface area contributed by atoms with Crippen LogP contribution in [0.3, 0.4) is 0 Å². The summed E-state index contributed by atoms with van der Waals surface area (Å²) in [5.74, 6) is 2.43. The second-order valence-electron chi connectivity index (χ2n) is 6.09. The number of ether oxygens (including phenoxy) is 1. The predicted molar refractivity (Wildman–Crippen MR) is 86.5 cm³/mol. The van der Waals surface area contributed by atoms with Crippen molar-refractivity contribution >= 4 is 5.69 Å². The van der Waals surface area contributed by atoms with Crippen LogP contribution in [0.2, 0.25) is 0 Å². The number of benzene rings is 1. The van der Waals surface area contributed by atoms with Gasteiger partial charge < -0.3 is 10.1 Å². The van der Waals surface area contributed by atoms with E-state index in [0.717, 1.165) is 30.7 Å². The highest BCUT2D eigenvalue weighted by molar-refractivity contribution is 5.53. The van der Waals surface area contributed by atoms with E-state index < -0.39 is 0 Å². The molecule has 0 aliphatic heterocycles. The van der Waals surface area contributed by atoms with Gasteiger partial charge in [-0.25, -0.2) is 0 Å². The van der Waals surface area contributed by atoms with Crippen molar-refractivity contribution in [2.45, 2.75) is 40.5 Å². The lowest BCUT2D eigenvalue weighted by Crippen LogP contribution is -2.20. The molecule has 1 N–H and O–H groups in total. The van der Waals surface area contributed by atoms with Gasteiger partial charge in [0, 0.05) is 12.2 Å². The minimum Gasteiger partial charge on any atom is -0.494 e. The zero-order valence-corrected chi connectivity index (χ0v) is 13.2. The van der Waals surface area contributed by atoms with Gasteiger partial charge in [-0.3, -0.25) is 0 Å². The molecule has 2 atom stereocenters. The van der Waals surface area contributed by atoms with Crippen LogP contribution < -0.4 is 10.1 Å². The summed E-state index contributed by atoms with van der Waals surface area (Å²) in [7, 11) is 0. The minimum atomic E-state index is 0.719. The third-order valence-electron chi connectivity index (χ3n) is 3.97. The van der Waals surface area contributed by atoms with Crippen molar-refractivity contribution in [2.24, 2.45) is 11.8 Å². The maximum absolute atomic E-state index is 5.53. The molecule has 0 heterocycles. The highest BCUT2D eigenvalue weighted by Crippen LogP contribution is 2.29. The van der Waals surface area contributed by atoms with Gasteiger partial charge in [0.2, 0.25) is 0 Å². The fraction of sp³-hybridized carbons (Fsp3) is 0.556. The standard InChI is InChI=1S/C18H27NO/c1-5-20-17-6-7-18(15(4)11-17)19-12-16-9-13(2)8-14(3)10-16/h6-8,11,13,16,19H,5,9-10,12H2,1-4H3. The molecule has 0 bridgehead atoms. The molecule has 0 saturated heterocycles. The van der Waals surface area contributed by atoms with E-state index in [4.69, 9.17) is 4.74 Å². The highest BCUT2D eigenvalue weighted by Gasteiger charge is 2.17. The lowest BCUT2D eigenvalue weighted by atomic mass is 9.83. The van der Waals surface area contributed by atoms with Crippen molar-refractivity contribution in [3.05, 3.63) is 35.4 Å². The fourth-order valence-corrected chi connectivity index (χ4v) is 3.19. The Morgan fingerprint density at radius 3 is 2.75 bits per heavy atom. The van der Waals surface area contributed by atoms with E-state index in [1.54, 1.807) is 5.57 Å². The molecule has 0 spiro atoms. The van der Waals surface area contributed by atoms with Gasteiger partial charge in [0.25, 0.3) is 0 Å². The van der Waals surface area contributed by atoms with Crippen molar-refractivity contribution in [3.8, 4) is 5.75 Å². The van der Waals surface area contributed by atoms with Gasteiger partial charge in [0.05, 0.1) is 6.61 Å². The molecule has 0 aromatic heterocycles. The molecule has 2 unspecified atom stereocenters. The molecule has 2 nitrogen and oxygen atoms in total. The van der Waals surface area contributed by atoms with Crippen LogP contribution in [0.15, 0.2) is 29.8 Å². The van der Waals surface area contributed by atoms with Gasteiger partial charge in [-0.05, 0) is 69.2 Å². The van der Waals surface area contributed by atoms with E-state index in [1.807, 2.05) is 13.0 Å². The molecule has 1 aromatic rings. The van der Waals surface area contributed by atoms with Crippen LogP contribution in [0, 0.1) is 18.8 Å². The Balaban J connectivity index is 1.92. The van der Waals surface area contributed by atoms with Crippen molar-refractivity contribution in [1.29, 1.82) is 0 Å². The van der Waals surface area contributed by atoms with Crippen LogP contribution in [-0.4, -0.2) is 13.2 Å². The van der Waals surface area contributed by atoms with Crippen molar-refractivity contribution < 1.29 is 4.74 Å². The smallest absolute Gasteiger partial charge is 0.119 e. The molecule has 2 heteroatoms. The molecule has 1 aliphatic rings. The van der Waals surface area contributed by atoms with E-state index >= 15 is 0 Å². The molecular weight excluding hydrogens is 246 g/mol. The molecule has 1 aliphatic carbocycles. The number of allylic oxidation sites excluding steroid dienone is 2. The number of hydrogen-bond donors (Lipinski definition) is 1. The van der Waals surface area contributed by atoms with Gasteiger partial charge >= 0.3 is 0 Å². The Kier molecular flexibility index (Phi) is 5.11. The molecule has 2 rings (SSSR count). The van der Waals surface area contributed by atoms with Gasteiger partial charge in [0.15, 0.2) is 0 Å². The molecule has 0 amide bonds. The number of hydrogen-bond acceptors (Lipinski definition) is 2. The van der Waals surface area contributed by atoms with Crippen molar-refractivity contribution in [1.82, 2.24) is 0 Å². The van der Waals surface area contributed by atoms with Gasteiger partial charge in [-0.15, -0.1) is 0 Å². The zero-order chi connectivity index (χ0) is 14.5. The molecule has 0 saturated carbocycles. The third kappa shape index (κ3) is 4.03. The Morgan fingerprint density at radius 2 is 2.10 bits per heavy atom. The predicted octanol–water partition coefficient (Wildman–Crippen LogP) is 4.80. The molecule has 0 radical (unpaired) electrons. The minimum absolute atomic E-state index is 0.719. The normalized spacial score (nSPS) is 22.3. The van der Waals surface area contributed by atoms with E-state index in [2.05, 4.69) is 44.3 Å². The second-order valence-corrected chi connectivity index (χ2v) is 6.09. The van der Waals surface area contributed by atoms with Crippen molar-refractivity contribution in [2.75, 3.05) is 18.5 Å². The van der Waals surface area contributed by atoms with Crippen LogP contribution >= 0.6 is 0 Å². The Morgan fingerprint density at radius 1 is 1.30 bits per heavy atom. The Bertz CT molecular complexity index is 478. The summed E-state index contributed by atoms with van der Waals surface area (Å²) in [6, 6.07) is 6.29. The number of rotatable bonds is 5. The highest BCUT2D eigenvalue weighted by atomic mass is 16.5. The van der Waals surface area contributed by atoms with E-state index in [1.165, 1.54) is 24.1 Å². The van der Waals surface area contributed by atoms with Crippen LogP contribution in [-0.2, 0) is 0 Å². The summed E-state index contributed by atoms with van der Waals surface area (Å²) in [4.78, 5) is 0. The molecule has 20 heavy (non-hydrogen) atoms. The van der Waals surface area contributed by atoms with Gasteiger partial charge in [-0.2, -0.15) is 0 Å². The lowest BCUT2D eigenvalue weighted by Gasteiger charge is -2.26. The average Bonchev–Trinajstić information content (AvgIpc) is 2.37. The van der Waals surface area contributed by atoms with Crippen LogP contribution in [0.25, 0.3) is 0 Å². The summed E-state index contributed by atoms with van der Waals surface area (Å²) in [5.41, 5.74) is 4.03. The summed E-state index contributed by atoms with van der Waals surface area (Å²) in [6.07, 6.45) is 4.94. The van der Waals surface area contributed by atoms with Crippen LogP contribution in [0.4, 0.5) is 5.69 Å². The van der Waals surface area contributed by atoms with Crippen LogP contribution in [0.5, 0.6) is 5.75 Å². The average molecular weight is 273 g/mol. The van der Waals surface area contributed by atoms with E-state index in [-0.39, 0.29) is 0 Å². The zero-order valence-electron chi connectivity index (χ0n) is 13.2. The maximum Gasteiger partial charge on any atom is 0.119 e. The SMILES string of the molecule is CCOc1ccc(NCC2CC(C)=CC(C)C2)c(C)c1. The van der Waals surface area contributed by atoms with Gasteiger partial charge in [-0.1, -0.05) is 18.6 Å². The molecule has 110 valence electrons. The van der Waals surface area contributed by atoms with E-state index in [9.17, 15) is 0 Å². The quantitative estimate of drug-likeness (QED) is 0.778. The van der Waals surface area contributed by atoms with Crippen molar-refractivity contribution in [3.63, 3.8) is 0 Å². The largest absolute Gasteiger partial charge is 0.494 e. The van der Waals surface area contributed by atoms with Crippen LogP contribution in [0.1, 0.15) is 39.2 Å². The summed E-state index contributed by atoms with van der Waals surface area (Å²) < 4.78 is 5.53. The first-order valence-corrected chi connectivity index (χ1v) is 7.73. The third-order valence-corrected chi connectivity index (χ3v) is 3.97.